The molecule has 7 heteroatoms. The van der Waals surface area contributed by atoms with Gasteiger partial charge in [-0.25, -0.2) is 9.78 Å². The van der Waals surface area contributed by atoms with E-state index >= 15 is 0 Å². The molecule has 1 aliphatic carbocycles. The molecule has 7 nitrogen and oxygen atoms in total. The highest BCUT2D eigenvalue weighted by Gasteiger charge is 2.64. The number of rotatable bonds is 2. The lowest BCUT2D eigenvalue weighted by Gasteiger charge is -2.36. The fourth-order valence-corrected chi connectivity index (χ4v) is 5.18. The summed E-state index contributed by atoms with van der Waals surface area (Å²) in [6.45, 7) is 7.63. The summed E-state index contributed by atoms with van der Waals surface area (Å²) in [6.07, 6.45) is 4.11. The number of ether oxygens (including phenoxy) is 3. The van der Waals surface area contributed by atoms with Crippen LogP contribution in [-0.4, -0.2) is 45.2 Å². The molecular formula is C25H30N2O5. The van der Waals surface area contributed by atoms with Crippen LogP contribution in [0.4, 0.5) is 4.79 Å². The quantitative estimate of drug-likeness (QED) is 0.641. The van der Waals surface area contributed by atoms with E-state index in [4.69, 9.17) is 19.2 Å². The number of fused-ring (bicyclic) bond motifs is 3. The van der Waals surface area contributed by atoms with E-state index < -0.39 is 11.2 Å². The number of para-hydroxylation sites is 1. The summed E-state index contributed by atoms with van der Waals surface area (Å²) in [7, 11) is 0. The standard InChI is InChI=1S/C25H30N2O5/c1-16(28)30-13-20-21-18(17-7-5-6-8-19(17)26-20)9-10-25(31-21)14-24(11-12-24)27(15-25)22(29)32-23(2,3)4/h5-8H,9-15H2,1-4H3. The van der Waals surface area contributed by atoms with E-state index in [9.17, 15) is 9.59 Å². The van der Waals surface area contributed by atoms with Crippen LogP contribution in [0.2, 0.25) is 0 Å². The molecule has 0 radical (unpaired) electrons. The van der Waals surface area contributed by atoms with Crippen LogP contribution < -0.4 is 4.74 Å². The van der Waals surface area contributed by atoms with Crippen molar-refractivity contribution in [2.45, 2.75) is 83.1 Å². The first kappa shape index (κ1) is 21.0. The fourth-order valence-electron chi connectivity index (χ4n) is 5.18. The van der Waals surface area contributed by atoms with Crippen molar-refractivity contribution >= 4 is 23.0 Å². The van der Waals surface area contributed by atoms with E-state index in [0.717, 1.165) is 48.6 Å². The summed E-state index contributed by atoms with van der Waals surface area (Å²) in [6, 6.07) is 7.98. The van der Waals surface area contributed by atoms with Crippen LogP contribution in [0.3, 0.4) is 0 Å². The number of hydrogen-bond donors (Lipinski definition) is 0. The molecule has 2 fully saturated rings. The van der Waals surface area contributed by atoms with E-state index in [0.29, 0.717) is 18.0 Å². The third-order valence-corrected chi connectivity index (χ3v) is 6.69. The second-order valence-corrected chi connectivity index (χ2v) is 10.4. The van der Waals surface area contributed by atoms with Crippen molar-refractivity contribution in [2.75, 3.05) is 6.54 Å². The molecule has 1 saturated heterocycles. The molecule has 1 atom stereocenters. The molecule has 3 aliphatic rings. The van der Waals surface area contributed by atoms with Crippen LogP contribution in [0.25, 0.3) is 10.9 Å². The first-order valence-corrected chi connectivity index (χ1v) is 11.3. The van der Waals surface area contributed by atoms with Crippen LogP contribution in [-0.2, 0) is 27.3 Å². The van der Waals surface area contributed by atoms with Crippen LogP contribution in [0, 0.1) is 0 Å². The topological polar surface area (TPSA) is 78.0 Å². The zero-order chi connectivity index (χ0) is 22.7. The largest absolute Gasteiger partial charge is 0.483 e. The van der Waals surface area contributed by atoms with E-state index in [2.05, 4.69) is 6.07 Å². The minimum Gasteiger partial charge on any atom is -0.483 e. The maximum Gasteiger partial charge on any atom is 0.410 e. The molecular weight excluding hydrogens is 408 g/mol. The van der Waals surface area contributed by atoms with E-state index in [1.54, 1.807) is 0 Å². The summed E-state index contributed by atoms with van der Waals surface area (Å²) >= 11 is 0. The van der Waals surface area contributed by atoms with E-state index in [1.807, 2.05) is 43.9 Å². The van der Waals surface area contributed by atoms with E-state index in [1.165, 1.54) is 6.92 Å². The highest BCUT2D eigenvalue weighted by Crippen LogP contribution is 2.57. The molecule has 2 spiro atoms. The molecule has 32 heavy (non-hydrogen) atoms. The fraction of sp³-hybridized carbons (Fsp3) is 0.560. The molecule has 3 heterocycles. The number of benzene rings is 1. The molecule has 2 aliphatic heterocycles. The number of carbonyl (C=O) groups excluding carboxylic acids is 2. The molecule has 1 saturated carbocycles. The number of esters is 1. The van der Waals surface area contributed by atoms with Crippen LogP contribution in [0.5, 0.6) is 5.75 Å². The summed E-state index contributed by atoms with van der Waals surface area (Å²) in [5.41, 5.74) is 1.42. The lowest BCUT2D eigenvalue weighted by atomic mass is 9.87. The Bertz CT molecular complexity index is 1100. The Morgan fingerprint density at radius 2 is 1.94 bits per heavy atom. The maximum atomic E-state index is 13.0. The SMILES string of the molecule is CC(=O)OCc1nc2ccccc2c2c1OC1(CC2)CN(C(=O)OC(C)(C)C)C2(CC2)C1. The molecule has 0 bridgehead atoms. The van der Waals surface area contributed by atoms with Gasteiger partial charge in [0.05, 0.1) is 17.6 Å². The zero-order valence-corrected chi connectivity index (χ0v) is 19.2. The van der Waals surface area contributed by atoms with Gasteiger partial charge in [0.25, 0.3) is 0 Å². The minimum absolute atomic E-state index is 0.0690. The van der Waals surface area contributed by atoms with Crippen molar-refractivity contribution in [2.24, 2.45) is 0 Å². The molecule has 2 aromatic rings. The van der Waals surface area contributed by atoms with Crippen molar-refractivity contribution in [3.05, 3.63) is 35.5 Å². The summed E-state index contributed by atoms with van der Waals surface area (Å²) < 4.78 is 17.7. The average molecular weight is 439 g/mol. The predicted octanol–water partition coefficient (Wildman–Crippen LogP) is 4.54. The number of pyridine rings is 1. The molecule has 0 N–H and O–H groups in total. The number of amides is 1. The van der Waals surface area contributed by atoms with Gasteiger partial charge in [0.2, 0.25) is 0 Å². The summed E-state index contributed by atoms with van der Waals surface area (Å²) in [5.74, 6) is 0.353. The number of hydrogen-bond acceptors (Lipinski definition) is 6. The monoisotopic (exact) mass is 438 g/mol. The third kappa shape index (κ3) is 3.67. The molecule has 1 amide bonds. The minimum atomic E-state index is -0.539. The van der Waals surface area contributed by atoms with Crippen molar-refractivity contribution in [3.8, 4) is 5.75 Å². The van der Waals surface area contributed by atoms with Gasteiger partial charge >= 0.3 is 12.1 Å². The summed E-state index contributed by atoms with van der Waals surface area (Å²) in [4.78, 5) is 31.1. The highest BCUT2D eigenvalue weighted by atomic mass is 16.6. The van der Waals surface area contributed by atoms with E-state index in [-0.39, 0.29) is 24.2 Å². The van der Waals surface area contributed by atoms with Gasteiger partial charge in [0.15, 0.2) is 0 Å². The Kier molecular flexibility index (Phi) is 4.66. The van der Waals surface area contributed by atoms with Gasteiger partial charge in [-0.3, -0.25) is 9.69 Å². The van der Waals surface area contributed by atoms with Gasteiger partial charge in [-0.05, 0) is 52.5 Å². The maximum absolute atomic E-state index is 13.0. The second kappa shape index (κ2) is 7.09. The van der Waals surface area contributed by atoms with Crippen LogP contribution in [0.1, 0.15) is 64.6 Å². The Morgan fingerprint density at radius 3 is 2.62 bits per heavy atom. The predicted molar refractivity (Wildman–Crippen MR) is 118 cm³/mol. The Labute approximate surface area is 188 Å². The third-order valence-electron chi connectivity index (χ3n) is 6.69. The second-order valence-electron chi connectivity index (χ2n) is 10.4. The van der Waals surface area contributed by atoms with Gasteiger partial charge in [-0.1, -0.05) is 18.2 Å². The van der Waals surface area contributed by atoms with Crippen LogP contribution in [0.15, 0.2) is 24.3 Å². The van der Waals surface area contributed by atoms with Crippen molar-refractivity contribution < 1.29 is 23.8 Å². The van der Waals surface area contributed by atoms with Gasteiger partial charge in [0.1, 0.15) is 29.3 Å². The molecule has 170 valence electrons. The van der Waals surface area contributed by atoms with Crippen molar-refractivity contribution in [3.63, 3.8) is 0 Å². The summed E-state index contributed by atoms with van der Waals surface area (Å²) in [5, 5.41) is 1.06. The molecule has 1 aromatic heterocycles. The van der Waals surface area contributed by atoms with Crippen LogP contribution >= 0.6 is 0 Å². The normalized spacial score (nSPS) is 23.2. The smallest absolute Gasteiger partial charge is 0.410 e. The Balaban J connectivity index is 1.49. The number of likely N-dealkylation sites (tertiary alicyclic amines) is 1. The van der Waals surface area contributed by atoms with Gasteiger partial charge in [0, 0.05) is 24.3 Å². The van der Waals surface area contributed by atoms with Gasteiger partial charge in [-0.2, -0.15) is 0 Å². The Hall–Kier alpha value is -2.83. The van der Waals surface area contributed by atoms with Gasteiger partial charge < -0.3 is 14.2 Å². The Morgan fingerprint density at radius 1 is 1.19 bits per heavy atom. The van der Waals surface area contributed by atoms with Gasteiger partial charge in [-0.15, -0.1) is 0 Å². The molecule has 1 aromatic carbocycles. The molecule has 1 unspecified atom stereocenters. The first-order chi connectivity index (χ1) is 15.1. The van der Waals surface area contributed by atoms with Crippen molar-refractivity contribution in [1.29, 1.82) is 0 Å². The molecule has 5 rings (SSSR count). The first-order valence-electron chi connectivity index (χ1n) is 11.3. The highest BCUT2D eigenvalue weighted by molar-refractivity contribution is 5.85. The average Bonchev–Trinajstić information content (AvgIpc) is 3.41. The number of aromatic nitrogens is 1. The number of carbonyl (C=O) groups is 2. The van der Waals surface area contributed by atoms with Crippen molar-refractivity contribution in [1.82, 2.24) is 9.88 Å². The number of aryl methyl sites for hydroxylation is 1. The number of nitrogens with zero attached hydrogens (tertiary/aromatic N) is 2. The lowest BCUT2D eigenvalue weighted by molar-refractivity contribution is -0.142. The lowest BCUT2D eigenvalue weighted by Crippen LogP contribution is -2.45. The zero-order valence-electron chi connectivity index (χ0n) is 19.2.